The van der Waals surface area contributed by atoms with Crippen LogP contribution in [0, 0.1) is 47.1 Å². The van der Waals surface area contributed by atoms with Gasteiger partial charge in [-0.05, 0) is 237 Å². The van der Waals surface area contributed by atoms with Crippen molar-refractivity contribution in [1.29, 1.82) is 15.8 Å². The van der Waals surface area contributed by atoms with Crippen LogP contribution in [0.4, 0.5) is 0 Å². The van der Waals surface area contributed by atoms with Crippen LogP contribution >= 0.6 is 47.8 Å². The van der Waals surface area contributed by atoms with Crippen molar-refractivity contribution < 1.29 is 38.7 Å². The molecule has 0 aliphatic carbocycles. The van der Waals surface area contributed by atoms with Crippen molar-refractivity contribution >= 4 is 81.5 Å². The molecule has 6 aromatic carbocycles. The fourth-order valence-corrected chi connectivity index (χ4v) is 13.2. The van der Waals surface area contributed by atoms with E-state index in [4.69, 9.17) is 52.5 Å². The van der Waals surface area contributed by atoms with Crippen LogP contribution in [0.25, 0.3) is 65.5 Å². The Morgan fingerprint density at radius 3 is 1.29 bits per heavy atom. The van der Waals surface area contributed by atoms with E-state index in [-0.39, 0.29) is 17.5 Å². The number of alkyl halides is 3. The van der Waals surface area contributed by atoms with Gasteiger partial charge in [0.05, 0.1) is 120 Å². The summed E-state index contributed by atoms with van der Waals surface area (Å²) in [5, 5.41) is 52.7. The Morgan fingerprint density at radius 1 is 0.456 bits per heavy atom. The number of aliphatic imine (C=N–C) groups is 1. The fraction of sp³-hybridized carbons (Fsp3) is 0.231. The first-order valence-electron chi connectivity index (χ1n) is 37.1. The first-order chi connectivity index (χ1) is 55.9. The molecule has 12 aromatic rings. The lowest BCUT2D eigenvalue weighted by atomic mass is 10.00. The molecule has 0 spiro atoms. The van der Waals surface area contributed by atoms with Crippen LogP contribution in [0.2, 0.25) is 0 Å². The average molecular weight is 1710 g/mol. The third-order valence-corrected chi connectivity index (χ3v) is 19.5. The van der Waals surface area contributed by atoms with Crippen LogP contribution in [0.3, 0.4) is 0 Å². The van der Waals surface area contributed by atoms with Crippen molar-refractivity contribution in [2.24, 2.45) is 4.99 Å². The number of pyridine rings is 3. The number of unbranched alkanes of at least 4 members (excludes halogenated alkanes) is 9. The number of nitriles is 3. The molecule has 1 aliphatic heterocycles. The first kappa shape index (κ1) is 85.4. The quantitative estimate of drug-likeness (QED) is 0.0159. The molecule has 0 fully saturated rings. The number of ether oxygens (including phenoxy) is 5. The fourth-order valence-electron chi connectivity index (χ4n) is 12.0. The topological polar surface area (TPSA) is 282 Å². The highest BCUT2D eigenvalue weighted by atomic mass is 79.9. The molecule has 0 saturated heterocycles. The molecular weight excluding hydrogens is 1630 g/mol. The Morgan fingerprint density at radius 2 is 0.868 bits per heavy atom. The second-order valence-electron chi connectivity index (χ2n) is 25.5. The van der Waals surface area contributed by atoms with Gasteiger partial charge in [-0.3, -0.25) is 19.7 Å². The molecule has 0 bridgehead atoms. The second kappa shape index (κ2) is 46.3. The molecule has 0 saturated carbocycles. The van der Waals surface area contributed by atoms with Gasteiger partial charge in [-0.25, -0.2) is 16.4 Å². The third kappa shape index (κ3) is 24.5. The van der Waals surface area contributed by atoms with Gasteiger partial charge in [0.2, 0.25) is 5.70 Å². The standard InChI is InChI=1S/C39H33BrN6O2.C25H25BrN2O4.C13H16BrNO.C7H6N2.C7H5NO/c1-42-38(32-12-6-9-23-44-32)39-34-33(35(46-39)26-13-17-28(47-2)18-14-26)37(30(25-41)31-11-5-8-22-43-31)45-36(34)27-15-19-29(20-16-27)48-24-10-4-3-7-21-40;1-31-18-10-6-16(7-11-18)22-20-21(25(30)27-22)23(28-24(20)29)17-8-12-19(13-9-17)32-15-5-3-2-4-14-26;14-9-3-1-2-4-10-16-13-7-5-12(11-15)6-8-13;1-8-6-7-4-2-3-5-9-7;8-5-6-1-3-7(9)4-2-6/h5-6,8-9,11-20,22-23,45-46H,3-4,7,10,21,24H2,2H3;6-13,27,30H,2-5,14-15H2,1H3;5-8H,1-4,9-10H2;2-5H,6H2;1-4,9H/b37-30-,39-38+;;;;. The van der Waals surface area contributed by atoms with E-state index in [0.717, 1.165) is 128 Å². The SMILES string of the molecule is COc1ccc(-c2[nH]c(O)c3c2C(=O)N=C3c2ccc(OCCCCCCBr)cc2)cc1.N#Cc1ccc(O)cc1.N#Cc1ccc(OCCCCCCBr)cc1.[C-]#[N+]/C(c1ccccn1)=c1/[nH]c(-c2ccc(OC)cc2)c2/c(=C(\C#N)c3ccccn3)[nH]c(-c3ccc(OCCCCCCBr)cc3)c12.[C-]#[N+]Cc1ccccn1. The number of aromatic amines is 3. The molecule has 7 heterocycles. The smallest absolute Gasteiger partial charge is 0.280 e. The van der Waals surface area contributed by atoms with Gasteiger partial charge in [0, 0.05) is 50.9 Å². The van der Waals surface area contributed by atoms with Crippen molar-refractivity contribution in [2.45, 2.75) is 83.6 Å². The lowest BCUT2D eigenvalue weighted by Gasteiger charge is -2.07. The zero-order valence-electron chi connectivity index (χ0n) is 63.2. The number of methoxy groups -OCH3 is 2. The number of nitrogens with zero attached hydrogens (tertiary/aromatic N) is 9. The Hall–Kier alpha value is -12.6. The Labute approximate surface area is 689 Å². The summed E-state index contributed by atoms with van der Waals surface area (Å²) in [6, 6.07) is 66.7. The van der Waals surface area contributed by atoms with Crippen LogP contribution in [0.15, 0.2) is 224 Å². The van der Waals surface area contributed by atoms with Gasteiger partial charge < -0.3 is 53.7 Å². The number of hydrogen-bond donors (Lipinski definition) is 5. The molecule has 578 valence electrons. The van der Waals surface area contributed by atoms with Crippen LogP contribution in [-0.2, 0) is 6.54 Å². The van der Waals surface area contributed by atoms with Crippen molar-refractivity contribution in [1.82, 2.24) is 29.9 Å². The number of benzene rings is 6. The summed E-state index contributed by atoms with van der Waals surface area (Å²) in [6.45, 7) is 17.3. The molecule has 114 heavy (non-hydrogen) atoms. The summed E-state index contributed by atoms with van der Waals surface area (Å²) in [4.78, 5) is 47.3. The van der Waals surface area contributed by atoms with Crippen molar-refractivity contribution in [3.63, 3.8) is 0 Å². The molecule has 5 N–H and O–H groups in total. The van der Waals surface area contributed by atoms with Crippen molar-refractivity contribution in [3.05, 3.63) is 297 Å². The number of fused-ring (bicyclic) bond motifs is 2. The van der Waals surface area contributed by atoms with Gasteiger partial charge in [-0.1, -0.05) is 105 Å². The molecule has 0 radical (unpaired) electrons. The highest BCUT2D eigenvalue weighted by Crippen LogP contribution is 2.39. The second-order valence-corrected chi connectivity index (χ2v) is 27.9. The Balaban J connectivity index is 0.000000191. The number of phenolic OH excluding ortho intramolecular Hbond substituents is 1. The lowest BCUT2D eigenvalue weighted by molar-refractivity contribution is 0.101. The first-order valence-corrected chi connectivity index (χ1v) is 40.5. The van der Waals surface area contributed by atoms with E-state index in [1.54, 1.807) is 69.2 Å². The van der Waals surface area contributed by atoms with Crippen LogP contribution in [-0.4, -0.2) is 102 Å². The molecular formula is C91H85Br3N12O8. The minimum Gasteiger partial charge on any atom is -0.508 e. The number of hydrogen-bond acceptors (Lipinski definition) is 14. The van der Waals surface area contributed by atoms with Crippen LogP contribution in [0.5, 0.6) is 40.4 Å². The van der Waals surface area contributed by atoms with E-state index in [1.165, 1.54) is 57.1 Å². The van der Waals surface area contributed by atoms with Gasteiger partial charge in [-0.15, -0.1) is 0 Å². The number of carbonyl (C=O) groups excluding carboxylic acids is 1. The number of H-pyrrole nitrogens is 3. The summed E-state index contributed by atoms with van der Waals surface area (Å²) < 4.78 is 28.1. The molecule has 1 amide bonds. The largest absolute Gasteiger partial charge is 0.508 e. The predicted molar refractivity (Wildman–Crippen MR) is 458 cm³/mol. The zero-order valence-corrected chi connectivity index (χ0v) is 68.0. The van der Waals surface area contributed by atoms with E-state index in [0.29, 0.717) is 92.5 Å². The van der Waals surface area contributed by atoms with Gasteiger partial charge in [0.25, 0.3) is 12.5 Å². The zero-order chi connectivity index (χ0) is 80.7. The summed E-state index contributed by atoms with van der Waals surface area (Å²) in [5.41, 5.74) is 10.5. The van der Waals surface area contributed by atoms with Crippen molar-refractivity contribution in [3.8, 4) is 92.4 Å². The number of aromatic hydroxyl groups is 2. The molecule has 6 aromatic heterocycles. The Bertz CT molecular complexity index is 5360. The Kier molecular flexibility index (Phi) is 34.7. The monoisotopic (exact) mass is 1710 g/mol. The molecule has 0 atom stereocenters. The van der Waals surface area contributed by atoms with Gasteiger partial charge in [0.1, 0.15) is 51.8 Å². The highest BCUT2D eigenvalue weighted by Gasteiger charge is 2.34. The summed E-state index contributed by atoms with van der Waals surface area (Å²) >= 11 is 10.3. The number of amides is 1. The summed E-state index contributed by atoms with van der Waals surface area (Å²) in [5.74, 6) is 3.59. The number of aromatic nitrogens is 6. The minimum absolute atomic E-state index is 0.0702. The predicted octanol–water partition coefficient (Wildman–Crippen LogP) is 20.1. The number of rotatable bonds is 30. The van der Waals surface area contributed by atoms with Gasteiger partial charge >= 0.3 is 0 Å². The normalized spacial score (nSPS) is 11.4. The summed E-state index contributed by atoms with van der Waals surface area (Å²) in [7, 11) is 3.23. The molecule has 1 aliphatic rings. The number of carbonyl (C=O) groups is 1. The average Bonchev–Trinajstić information content (AvgIpc) is 1.57. The van der Waals surface area contributed by atoms with Gasteiger partial charge in [-0.2, -0.15) is 15.8 Å². The highest BCUT2D eigenvalue weighted by molar-refractivity contribution is 9.09. The van der Waals surface area contributed by atoms with Gasteiger partial charge in [0.15, 0.2) is 5.88 Å². The number of phenols is 1. The number of halogens is 3. The lowest BCUT2D eigenvalue weighted by Crippen LogP contribution is -2.11. The molecule has 0 unspecified atom stereocenters. The van der Waals surface area contributed by atoms with E-state index in [1.807, 2.05) is 158 Å². The summed E-state index contributed by atoms with van der Waals surface area (Å²) in [6.07, 6.45) is 18.9. The minimum atomic E-state index is -0.374. The van der Waals surface area contributed by atoms with Crippen molar-refractivity contribution in [2.75, 3.05) is 50.0 Å². The third-order valence-electron chi connectivity index (χ3n) is 17.8. The van der Waals surface area contributed by atoms with Crippen LogP contribution in [0.1, 0.15) is 127 Å². The van der Waals surface area contributed by atoms with E-state index < -0.39 is 0 Å². The molecule has 13 rings (SSSR count). The van der Waals surface area contributed by atoms with E-state index in [9.17, 15) is 15.2 Å². The van der Waals surface area contributed by atoms with Crippen LogP contribution < -0.4 is 34.4 Å². The maximum atomic E-state index is 12.7. The van der Waals surface area contributed by atoms with E-state index in [2.05, 4.69) is 105 Å². The maximum Gasteiger partial charge on any atom is 0.280 e. The van der Waals surface area contributed by atoms with E-state index >= 15 is 0 Å². The number of nitrogens with one attached hydrogen (secondary N) is 3. The maximum absolute atomic E-state index is 12.7. The molecule has 23 heteroatoms. The molecule has 20 nitrogen and oxygen atoms in total.